The highest BCUT2D eigenvalue weighted by molar-refractivity contribution is 6.54. The molecule has 0 radical (unpaired) electrons. The van der Waals surface area contributed by atoms with E-state index in [0.717, 1.165) is 19.6 Å². The average molecular weight is 236 g/mol. The molecule has 2 atom stereocenters. The molecule has 0 bridgehead atoms. The lowest BCUT2D eigenvalue weighted by Gasteiger charge is -2.32. The summed E-state index contributed by atoms with van der Waals surface area (Å²) in [7, 11) is -0.148. The molecule has 4 heteroatoms. The molecule has 2 unspecified atom stereocenters. The van der Waals surface area contributed by atoms with E-state index in [1.165, 1.54) is 5.47 Å². The molecule has 2 saturated heterocycles. The summed E-state index contributed by atoms with van der Waals surface area (Å²) < 4.78 is 17.6. The Hall–Kier alpha value is -0.315. The van der Waals surface area contributed by atoms with Crippen molar-refractivity contribution in [3.05, 3.63) is 11.5 Å². The van der Waals surface area contributed by atoms with Crippen LogP contribution in [0, 0.1) is 11.8 Å². The highest BCUT2D eigenvalue weighted by Gasteiger charge is 2.53. The van der Waals surface area contributed by atoms with Crippen LogP contribution in [0.2, 0.25) is 0 Å². The molecule has 3 rings (SSSR count). The van der Waals surface area contributed by atoms with Crippen molar-refractivity contribution >= 4 is 7.12 Å². The monoisotopic (exact) mass is 236 g/mol. The minimum Gasteiger partial charge on any atom is -0.400 e. The topological polar surface area (TPSA) is 27.7 Å². The summed E-state index contributed by atoms with van der Waals surface area (Å²) in [4.78, 5) is 0. The highest BCUT2D eigenvalue weighted by Crippen LogP contribution is 2.43. The second-order valence-electron chi connectivity index (χ2n) is 6.50. The van der Waals surface area contributed by atoms with Crippen molar-refractivity contribution in [3.63, 3.8) is 0 Å². The van der Waals surface area contributed by atoms with Crippen molar-refractivity contribution in [2.24, 2.45) is 11.8 Å². The van der Waals surface area contributed by atoms with Crippen LogP contribution in [0.4, 0.5) is 0 Å². The molecule has 0 aromatic carbocycles. The van der Waals surface area contributed by atoms with Crippen molar-refractivity contribution in [2.45, 2.75) is 45.3 Å². The first-order valence-electron chi connectivity index (χ1n) is 6.53. The van der Waals surface area contributed by atoms with Gasteiger partial charge in [-0.3, -0.25) is 0 Å². The van der Waals surface area contributed by atoms with Crippen molar-refractivity contribution in [1.82, 2.24) is 0 Å². The molecular weight excluding hydrogens is 215 g/mol. The first kappa shape index (κ1) is 11.8. The van der Waals surface area contributed by atoms with E-state index in [9.17, 15) is 0 Å². The van der Waals surface area contributed by atoms with E-state index in [2.05, 4.69) is 33.8 Å². The van der Waals surface area contributed by atoms with Crippen LogP contribution >= 0.6 is 0 Å². The van der Waals surface area contributed by atoms with Gasteiger partial charge in [0.05, 0.1) is 24.4 Å². The van der Waals surface area contributed by atoms with Crippen LogP contribution < -0.4 is 0 Å². The Kier molecular flexibility index (Phi) is 2.48. The smallest absolute Gasteiger partial charge is 0.400 e. The SMILES string of the molecule is CC1(C)OB(C2=CC3COCC3C2)OC1(C)C. The summed E-state index contributed by atoms with van der Waals surface area (Å²) >= 11 is 0. The van der Waals surface area contributed by atoms with Gasteiger partial charge in [0.25, 0.3) is 0 Å². The maximum atomic E-state index is 6.08. The summed E-state index contributed by atoms with van der Waals surface area (Å²) in [5.41, 5.74) is 0.862. The fraction of sp³-hybridized carbons (Fsp3) is 0.846. The van der Waals surface area contributed by atoms with E-state index in [0.29, 0.717) is 11.8 Å². The zero-order chi connectivity index (χ0) is 12.3. The highest BCUT2D eigenvalue weighted by atomic mass is 16.7. The van der Waals surface area contributed by atoms with Gasteiger partial charge in [-0.25, -0.2) is 0 Å². The Morgan fingerprint density at radius 1 is 1.12 bits per heavy atom. The molecular formula is C13H21BO3. The van der Waals surface area contributed by atoms with Gasteiger partial charge in [0.15, 0.2) is 0 Å². The van der Waals surface area contributed by atoms with Gasteiger partial charge in [-0.05, 0) is 45.5 Å². The van der Waals surface area contributed by atoms with E-state index in [4.69, 9.17) is 14.0 Å². The summed E-state index contributed by atoms with van der Waals surface area (Å²) in [6.07, 6.45) is 3.39. The molecule has 2 fully saturated rings. The lowest BCUT2D eigenvalue weighted by atomic mass is 9.77. The molecule has 0 saturated carbocycles. The van der Waals surface area contributed by atoms with Gasteiger partial charge in [-0.15, -0.1) is 0 Å². The Balaban J connectivity index is 1.76. The molecule has 0 aromatic rings. The van der Waals surface area contributed by atoms with Gasteiger partial charge >= 0.3 is 7.12 Å². The van der Waals surface area contributed by atoms with Crippen LogP contribution in [-0.2, 0) is 14.0 Å². The predicted octanol–water partition coefficient (Wildman–Crippen LogP) is 2.21. The van der Waals surface area contributed by atoms with Gasteiger partial charge in [-0.1, -0.05) is 6.08 Å². The largest absolute Gasteiger partial charge is 0.490 e. The van der Waals surface area contributed by atoms with Crippen molar-refractivity contribution < 1.29 is 14.0 Å². The van der Waals surface area contributed by atoms with E-state index in [-0.39, 0.29) is 18.3 Å². The Morgan fingerprint density at radius 2 is 1.76 bits per heavy atom. The van der Waals surface area contributed by atoms with Crippen LogP contribution in [0.25, 0.3) is 0 Å². The first-order valence-corrected chi connectivity index (χ1v) is 6.53. The lowest BCUT2D eigenvalue weighted by molar-refractivity contribution is 0.00578. The fourth-order valence-electron chi connectivity index (χ4n) is 2.82. The standard InChI is InChI=1S/C13H21BO3/c1-12(2)13(3,4)17-14(16-12)11-5-9-7-15-8-10(9)6-11/h5,9-10H,6-8H2,1-4H3. The van der Waals surface area contributed by atoms with Crippen LogP contribution in [0.1, 0.15) is 34.1 Å². The Bertz CT molecular complexity index is 346. The maximum Gasteiger partial charge on any atom is 0.490 e. The Morgan fingerprint density at radius 3 is 2.35 bits per heavy atom. The van der Waals surface area contributed by atoms with E-state index < -0.39 is 0 Å². The van der Waals surface area contributed by atoms with E-state index in [1.807, 2.05) is 0 Å². The third-order valence-corrected chi connectivity index (χ3v) is 4.73. The minimum atomic E-state index is -0.229. The van der Waals surface area contributed by atoms with Crippen molar-refractivity contribution in [1.29, 1.82) is 0 Å². The van der Waals surface area contributed by atoms with Crippen LogP contribution in [0.5, 0.6) is 0 Å². The zero-order valence-electron chi connectivity index (χ0n) is 11.2. The van der Waals surface area contributed by atoms with Crippen molar-refractivity contribution in [3.8, 4) is 0 Å². The quantitative estimate of drug-likeness (QED) is 0.653. The molecule has 0 amide bonds. The van der Waals surface area contributed by atoms with Crippen LogP contribution in [0.15, 0.2) is 11.5 Å². The molecule has 0 aromatic heterocycles. The van der Waals surface area contributed by atoms with Gasteiger partial charge in [0.1, 0.15) is 0 Å². The Labute approximate surface area is 104 Å². The van der Waals surface area contributed by atoms with E-state index in [1.54, 1.807) is 0 Å². The van der Waals surface area contributed by atoms with Gasteiger partial charge < -0.3 is 14.0 Å². The van der Waals surface area contributed by atoms with Gasteiger partial charge in [0.2, 0.25) is 0 Å². The molecule has 0 N–H and O–H groups in total. The molecule has 94 valence electrons. The molecule has 3 aliphatic rings. The molecule has 2 heterocycles. The van der Waals surface area contributed by atoms with Crippen molar-refractivity contribution in [2.75, 3.05) is 13.2 Å². The summed E-state index contributed by atoms with van der Waals surface area (Å²) in [6.45, 7) is 10.2. The number of ether oxygens (including phenoxy) is 1. The normalized spacial score (nSPS) is 38.4. The van der Waals surface area contributed by atoms with Gasteiger partial charge in [0, 0.05) is 5.92 Å². The number of fused-ring (bicyclic) bond motifs is 1. The van der Waals surface area contributed by atoms with E-state index >= 15 is 0 Å². The third-order valence-electron chi connectivity index (χ3n) is 4.73. The predicted molar refractivity (Wildman–Crippen MR) is 66.6 cm³/mol. The van der Waals surface area contributed by atoms with Crippen LogP contribution in [-0.4, -0.2) is 31.5 Å². The molecule has 3 nitrogen and oxygen atoms in total. The number of allylic oxidation sites excluding steroid dienone is 1. The summed E-state index contributed by atoms with van der Waals surface area (Å²) in [6, 6.07) is 0. The van der Waals surface area contributed by atoms with Gasteiger partial charge in [-0.2, -0.15) is 0 Å². The molecule has 17 heavy (non-hydrogen) atoms. The zero-order valence-corrected chi connectivity index (χ0v) is 11.2. The van der Waals surface area contributed by atoms with Crippen LogP contribution in [0.3, 0.4) is 0 Å². The first-order chi connectivity index (χ1) is 7.89. The second kappa shape index (κ2) is 3.59. The molecule has 0 spiro atoms. The molecule has 2 aliphatic heterocycles. The average Bonchev–Trinajstić information content (AvgIpc) is 2.77. The third kappa shape index (κ3) is 1.77. The number of hydrogen-bond donors (Lipinski definition) is 0. The minimum absolute atomic E-state index is 0.148. The number of rotatable bonds is 1. The maximum absolute atomic E-state index is 6.08. The number of hydrogen-bond acceptors (Lipinski definition) is 3. The second-order valence-corrected chi connectivity index (χ2v) is 6.50. The molecule has 1 aliphatic carbocycles. The lowest BCUT2D eigenvalue weighted by Crippen LogP contribution is -2.41. The fourth-order valence-corrected chi connectivity index (χ4v) is 2.82. The summed E-state index contributed by atoms with van der Waals surface area (Å²) in [5.74, 6) is 1.24. The summed E-state index contributed by atoms with van der Waals surface area (Å²) in [5, 5.41) is 0.